The molecule has 0 saturated carbocycles. The zero-order valence-electron chi connectivity index (χ0n) is 20.1. The van der Waals surface area contributed by atoms with Crippen molar-refractivity contribution in [3.05, 3.63) is 46.6 Å². The first kappa shape index (κ1) is 26.9. The second-order valence-electron chi connectivity index (χ2n) is 9.70. The molecule has 7 nitrogen and oxygen atoms in total. The Morgan fingerprint density at radius 3 is 2.44 bits per heavy atom. The van der Waals surface area contributed by atoms with Crippen LogP contribution in [0.5, 0.6) is 0 Å². The van der Waals surface area contributed by atoms with Gasteiger partial charge in [0.1, 0.15) is 24.4 Å². The minimum atomic E-state index is -1.51. The third-order valence-electron chi connectivity index (χ3n) is 5.98. The van der Waals surface area contributed by atoms with Gasteiger partial charge in [0.05, 0.1) is 12.7 Å². The number of aliphatic hydroxyl groups excluding tert-OH is 4. The van der Waals surface area contributed by atoms with Crippen LogP contribution in [0.15, 0.2) is 46.6 Å². The first-order chi connectivity index (χ1) is 14.8. The minimum Gasteiger partial charge on any atom is -0.392 e. The normalized spacial score (nSPS) is 30.3. The van der Waals surface area contributed by atoms with Gasteiger partial charge in [-0.05, 0) is 78.0 Å². The third-order valence-corrected chi connectivity index (χ3v) is 5.98. The molecule has 1 fully saturated rings. The fourth-order valence-corrected chi connectivity index (χ4v) is 4.01. The van der Waals surface area contributed by atoms with Gasteiger partial charge in [0.25, 0.3) is 0 Å². The molecular formula is C25H40O7. The Balaban J connectivity index is 2.12. The summed E-state index contributed by atoms with van der Waals surface area (Å²) in [6.45, 7) is 10.4. The summed E-state index contributed by atoms with van der Waals surface area (Å²) in [5, 5.41) is 51.6. The fraction of sp³-hybridized carbons (Fsp3) is 0.680. The monoisotopic (exact) mass is 452 g/mol. The summed E-state index contributed by atoms with van der Waals surface area (Å²) in [7, 11) is 0. The van der Waals surface area contributed by atoms with Gasteiger partial charge in [-0.25, -0.2) is 0 Å². The molecule has 0 spiro atoms. The predicted molar refractivity (Wildman–Crippen MR) is 123 cm³/mol. The van der Waals surface area contributed by atoms with E-state index in [0.717, 1.165) is 12.8 Å². The highest BCUT2D eigenvalue weighted by Gasteiger charge is 2.71. The van der Waals surface area contributed by atoms with E-state index < -0.39 is 41.9 Å². The molecule has 1 heterocycles. The van der Waals surface area contributed by atoms with E-state index in [0.29, 0.717) is 17.6 Å². The quantitative estimate of drug-likeness (QED) is 0.185. The van der Waals surface area contributed by atoms with Crippen LogP contribution < -0.4 is 0 Å². The van der Waals surface area contributed by atoms with Crippen molar-refractivity contribution in [1.29, 1.82) is 0 Å². The first-order valence-electron chi connectivity index (χ1n) is 11.2. The van der Waals surface area contributed by atoms with Gasteiger partial charge in [-0.3, -0.25) is 0 Å². The van der Waals surface area contributed by atoms with Crippen molar-refractivity contribution in [3.8, 4) is 0 Å². The molecule has 32 heavy (non-hydrogen) atoms. The number of aliphatic hydroxyl groups is 5. The van der Waals surface area contributed by atoms with E-state index in [4.69, 9.17) is 9.47 Å². The summed E-state index contributed by atoms with van der Waals surface area (Å²) in [5.74, 6) is -1.51. The summed E-state index contributed by atoms with van der Waals surface area (Å²) in [6, 6.07) is 0. The molecule has 7 heteroatoms. The molecule has 1 aliphatic carbocycles. The molecule has 2 rings (SSSR count). The number of hydrogen-bond donors (Lipinski definition) is 5. The molecule has 0 aromatic carbocycles. The van der Waals surface area contributed by atoms with E-state index >= 15 is 0 Å². The number of fused-ring (bicyclic) bond motifs is 1. The van der Waals surface area contributed by atoms with E-state index in [1.807, 2.05) is 13.0 Å². The fourth-order valence-electron chi connectivity index (χ4n) is 4.01. The molecule has 0 aromatic heterocycles. The van der Waals surface area contributed by atoms with Crippen molar-refractivity contribution < 1.29 is 35.0 Å². The van der Waals surface area contributed by atoms with Crippen LogP contribution in [0.2, 0.25) is 0 Å². The molecule has 1 aliphatic heterocycles. The molecule has 0 amide bonds. The highest BCUT2D eigenvalue weighted by Crippen LogP contribution is 2.52. The number of ether oxygens (including phenoxy) is 2. The van der Waals surface area contributed by atoms with Crippen LogP contribution in [0.3, 0.4) is 0 Å². The molecule has 182 valence electrons. The van der Waals surface area contributed by atoms with Crippen LogP contribution in [0.4, 0.5) is 0 Å². The van der Waals surface area contributed by atoms with Gasteiger partial charge < -0.3 is 35.0 Å². The Morgan fingerprint density at radius 2 is 1.88 bits per heavy atom. The average molecular weight is 453 g/mol. The van der Waals surface area contributed by atoms with E-state index in [1.165, 1.54) is 37.1 Å². The van der Waals surface area contributed by atoms with Gasteiger partial charge in [-0.1, -0.05) is 29.4 Å². The first-order valence-corrected chi connectivity index (χ1v) is 11.2. The second kappa shape index (κ2) is 10.7. The number of allylic oxidation sites excluding steroid dienone is 3. The molecule has 6 unspecified atom stereocenters. The zero-order valence-corrected chi connectivity index (χ0v) is 20.1. The minimum absolute atomic E-state index is 0.319. The largest absolute Gasteiger partial charge is 0.392 e. The van der Waals surface area contributed by atoms with Crippen molar-refractivity contribution in [2.45, 2.75) is 103 Å². The van der Waals surface area contributed by atoms with Crippen LogP contribution in [-0.2, 0) is 9.47 Å². The maximum absolute atomic E-state index is 11.0. The topological polar surface area (TPSA) is 123 Å². The zero-order chi connectivity index (χ0) is 24.3. The molecule has 0 radical (unpaired) electrons. The lowest BCUT2D eigenvalue weighted by atomic mass is 9.80. The summed E-state index contributed by atoms with van der Waals surface area (Å²) in [4.78, 5) is 0. The number of epoxide rings is 1. The van der Waals surface area contributed by atoms with Gasteiger partial charge in [0.15, 0.2) is 11.4 Å². The second-order valence-corrected chi connectivity index (χ2v) is 9.70. The van der Waals surface area contributed by atoms with Gasteiger partial charge in [0, 0.05) is 0 Å². The Morgan fingerprint density at radius 1 is 1.22 bits per heavy atom. The lowest BCUT2D eigenvalue weighted by Crippen LogP contribution is -2.51. The lowest BCUT2D eigenvalue weighted by Gasteiger charge is -2.35. The SMILES string of the molecule is CC(C)=CCCC(C)=CCC(O)C(C)=CC(O)C12OC1C(O)C(CO)=CC2OC(C)(C)O. The maximum Gasteiger partial charge on any atom is 0.160 e. The summed E-state index contributed by atoms with van der Waals surface area (Å²) in [5.41, 5.74) is 2.07. The Hall–Kier alpha value is -1.32. The number of hydrogen-bond acceptors (Lipinski definition) is 7. The van der Waals surface area contributed by atoms with Crippen molar-refractivity contribution in [3.63, 3.8) is 0 Å². The summed E-state index contributed by atoms with van der Waals surface area (Å²) < 4.78 is 11.4. The number of rotatable bonds is 11. The Kier molecular flexibility index (Phi) is 9.04. The predicted octanol–water partition coefficient (Wildman–Crippen LogP) is 2.28. The van der Waals surface area contributed by atoms with Gasteiger partial charge in [-0.15, -0.1) is 0 Å². The van der Waals surface area contributed by atoms with Crippen LogP contribution in [0.25, 0.3) is 0 Å². The highest BCUT2D eigenvalue weighted by molar-refractivity contribution is 5.35. The van der Waals surface area contributed by atoms with Crippen LogP contribution >= 0.6 is 0 Å². The summed E-state index contributed by atoms with van der Waals surface area (Å²) in [6.07, 6.45) is 4.79. The van der Waals surface area contributed by atoms with E-state index in [1.54, 1.807) is 6.92 Å². The van der Waals surface area contributed by atoms with Crippen molar-refractivity contribution in [2.24, 2.45) is 0 Å². The summed E-state index contributed by atoms with van der Waals surface area (Å²) >= 11 is 0. The van der Waals surface area contributed by atoms with Gasteiger partial charge in [-0.2, -0.15) is 0 Å². The smallest absolute Gasteiger partial charge is 0.160 e. The molecule has 6 atom stereocenters. The molecular weight excluding hydrogens is 412 g/mol. The van der Waals surface area contributed by atoms with Crippen LogP contribution in [0, 0.1) is 0 Å². The molecule has 1 saturated heterocycles. The van der Waals surface area contributed by atoms with E-state index in [2.05, 4.69) is 19.9 Å². The third kappa shape index (κ3) is 6.60. The van der Waals surface area contributed by atoms with Gasteiger partial charge >= 0.3 is 0 Å². The Bertz CT molecular complexity index is 770. The molecule has 2 aliphatic rings. The standard InChI is InChI=1S/C25H40O7/c1-15(2)8-7-9-16(3)10-11-19(27)17(4)12-20(28)25-21(31-24(5,6)30)13-18(14-26)22(29)23(25)32-25/h8,10,12-13,19-23,26-30H,7,9,11,14H2,1-6H3. The van der Waals surface area contributed by atoms with Gasteiger partial charge in [0.2, 0.25) is 0 Å². The Labute approximate surface area is 191 Å². The highest BCUT2D eigenvalue weighted by atomic mass is 16.7. The van der Waals surface area contributed by atoms with Crippen LogP contribution in [-0.4, -0.2) is 74.0 Å². The van der Waals surface area contributed by atoms with Crippen molar-refractivity contribution in [2.75, 3.05) is 6.61 Å². The van der Waals surface area contributed by atoms with E-state index in [9.17, 15) is 25.5 Å². The average Bonchev–Trinajstić information content (AvgIpc) is 3.45. The van der Waals surface area contributed by atoms with E-state index in [-0.39, 0.29) is 6.61 Å². The van der Waals surface area contributed by atoms with Crippen molar-refractivity contribution in [1.82, 2.24) is 0 Å². The maximum atomic E-state index is 11.0. The molecule has 0 aromatic rings. The molecule has 0 bridgehead atoms. The van der Waals surface area contributed by atoms with Crippen LogP contribution in [0.1, 0.15) is 60.8 Å². The lowest BCUT2D eigenvalue weighted by molar-refractivity contribution is -0.213. The molecule has 5 N–H and O–H groups in total. The van der Waals surface area contributed by atoms with Crippen molar-refractivity contribution >= 4 is 0 Å².